The first kappa shape index (κ1) is 7.98. The van der Waals surface area contributed by atoms with Crippen molar-refractivity contribution < 1.29 is 4.79 Å². The summed E-state index contributed by atoms with van der Waals surface area (Å²) in [5.41, 5.74) is 4.10. The summed E-state index contributed by atoms with van der Waals surface area (Å²) in [7, 11) is 0. The fourth-order valence-electron chi connectivity index (χ4n) is 1.47. The van der Waals surface area contributed by atoms with Gasteiger partial charge in [0.05, 0.1) is 6.21 Å². The van der Waals surface area contributed by atoms with Crippen molar-refractivity contribution in [1.82, 2.24) is 5.43 Å². The first-order valence-corrected chi connectivity index (χ1v) is 4.12. The first-order chi connectivity index (χ1) is 6.26. The Bertz CT molecular complexity index is 373. The lowest BCUT2D eigenvalue weighted by Gasteiger charge is -2.27. The Hall–Kier alpha value is -1.64. The zero-order chi connectivity index (χ0) is 9.31. The van der Waals surface area contributed by atoms with Crippen molar-refractivity contribution >= 4 is 12.5 Å². The lowest BCUT2D eigenvalue weighted by molar-refractivity contribution is -0.113. The van der Waals surface area contributed by atoms with Crippen molar-refractivity contribution in [1.29, 1.82) is 0 Å². The molecule has 0 radical (unpaired) electrons. The average molecular weight is 174 g/mol. The van der Waals surface area contributed by atoms with Gasteiger partial charge in [0, 0.05) is 5.56 Å². The fourth-order valence-corrected chi connectivity index (χ4v) is 1.47. The number of nitrogens with zero attached hydrogens (tertiary/aromatic N) is 1. The zero-order valence-corrected chi connectivity index (χ0v) is 7.32. The number of hydrazone groups is 1. The van der Waals surface area contributed by atoms with Crippen molar-refractivity contribution in [3.8, 4) is 0 Å². The second-order valence-electron chi connectivity index (χ2n) is 3.28. The molecule has 1 aromatic rings. The number of carbonyl (C=O) groups is 1. The van der Waals surface area contributed by atoms with Crippen LogP contribution in [0.2, 0.25) is 0 Å². The Labute approximate surface area is 76.5 Å². The first-order valence-electron chi connectivity index (χ1n) is 4.12. The van der Waals surface area contributed by atoms with Crippen LogP contribution in [0.3, 0.4) is 0 Å². The van der Waals surface area contributed by atoms with E-state index >= 15 is 0 Å². The number of hydrogen-bond donors (Lipinski definition) is 1. The maximum atomic E-state index is 10.9. The summed E-state index contributed by atoms with van der Waals surface area (Å²) < 4.78 is 0. The van der Waals surface area contributed by atoms with Crippen LogP contribution in [0.25, 0.3) is 0 Å². The van der Waals surface area contributed by atoms with Gasteiger partial charge in [0.15, 0.2) is 6.29 Å². The maximum absolute atomic E-state index is 10.9. The lowest BCUT2D eigenvalue weighted by Crippen LogP contribution is -2.41. The topological polar surface area (TPSA) is 41.5 Å². The van der Waals surface area contributed by atoms with Crippen molar-refractivity contribution in [2.24, 2.45) is 5.10 Å². The molecule has 1 aliphatic rings. The smallest absolute Gasteiger partial charge is 0.151 e. The number of carbonyl (C=O) groups excluding carboxylic acids is 1. The molecule has 1 aromatic carbocycles. The number of aldehydes is 1. The van der Waals surface area contributed by atoms with Gasteiger partial charge < -0.3 is 4.79 Å². The molecule has 0 aliphatic carbocycles. The zero-order valence-electron chi connectivity index (χ0n) is 7.32. The number of fused-ring (bicyclic) bond motifs is 1. The molecule has 0 amide bonds. The van der Waals surface area contributed by atoms with Crippen molar-refractivity contribution in [2.75, 3.05) is 0 Å². The molecule has 0 saturated heterocycles. The van der Waals surface area contributed by atoms with Gasteiger partial charge >= 0.3 is 0 Å². The Balaban J connectivity index is 2.61. The lowest BCUT2D eigenvalue weighted by atomic mass is 9.89. The number of hydrogen-bond acceptors (Lipinski definition) is 3. The summed E-state index contributed by atoms with van der Waals surface area (Å²) >= 11 is 0. The number of nitrogens with one attached hydrogen (secondary N) is 1. The van der Waals surface area contributed by atoms with E-state index in [4.69, 9.17) is 0 Å². The Kier molecular flexibility index (Phi) is 1.65. The highest BCUT2D eigenvalue weighted by atomic mass is 16.1. The van der Waals surface area contributed by atoms with Gasteiger partial charge in [-0.2, -0.15) is 5.10 Å². The van der Waals surface area contributed by atoms with E-state index in [0.717, 1.165) is 17.4 Å². The fraction of sp³-hybridized carbons (Fsp3) is 0.200. The van der Waals surface area contributed by atoms with Crippen LogP contribution >= 0.6 is 0 Å². The third kappa shape index (κ3) is 1.13. The largest absolute Gasteiger partial charge is 0.300 e. The summed E-state index contributed by atoms with van der Waals surface area (Å²) in [6.45, 7) is 1.81. The molecule has 3 nitrogen and oxygen atoms in total. The Morgan fingerprint density at radius 3 is 3.00 bits per heavy atom. The minimum atomic E-state index is -0.675. The van der Waals surface area contributed by atoms with Crippen molar-refractivity contribution in [2.45, 2.75) is 12.5 Å². The van der Waals surface area contributed by atoms with E-state index in [0.29, 0.717) is 0 Å². The summed E-state index contributed by atoms with van der Waals surface area (Å²) in [6, 6.07) is 7.73. The van der Waals surface area contributed by atoms with Crippen molar-refractivity contribution in [3.05, 3.63) is 35.4 Å². The molecule has 1 atom stereocenters. The molecule has 0 saturated carbocycles. The monoisotopic (exact) mass is 174 g/mol. The van der Waals surface area contributed by atoms with Gasteiger partial charge in [-0.1, -0.05) is 24.3 Å². The predicted octanol–water partition coefficient (Wildman–Crippen LogP) is 1.04. The standard InChI is InChI=1S/C10H10N2O/c1-10(7-13)9-5-3-2-4-8(9)6-11-12-10/h2-7,12H,1H3. The quantitative estimate of drug-likeness (QED) is 0.646. The molecule has 13 heavy (non-hydrogen) atoms. The molecule has 1 N–H and O–H groups in total. The van der Waals surface area contributed by atoms with Gasteiger partial charge in [0.2, 0.25) is 0 Å². The van der Waals surface area contributed by atoms with Crippen LogP contribution in [0.15, 0.2) is 29.4 Å². The van der Waals surface area contributed by atoms with Crippen molar-refractivity contribution in [3.63, 3.8) is 0 Å². The van der Waals surface area contributed by atoms with Gasteiger partial charge in [0.1, 0.15) is 5.54 Å². The maximum Gasteiger partial charge on any atom is 0.151 e. The third-order valence-corrected chi connectivity index (χ3v) is 2.26. The summed E-state index contributed by atoms with van der Waals surface area (Å²) in [4.78, 5) is 10.9. The van der Waals surface area contributed by atoms with Crippen LogP contribution < -0.4 is 5.43 Å². The molecular formula is C10H10N2O. The van der Waals surface area contributed by atoms with Gasteiger partial charge in [-0.3, -0.25) is 5.43 Å². The molecule has 1 heterocycles. The van der Waals surface area contributed by atoms with Crippen LogP contribution in [0, 0.1) is 0 Å². The summed E-state index contributed by atoms with van der Waals surface area (Å²) in [6.07, 6.45) is 2.60. The van der Waals surface area contributed by atoms with Crippen LogP contribution in [0.1, 0.15) is 18.1 Å². The highest BCUT2D eigenvalue weighted by molar-refractivity contribution is 5.86. The van der Waals surface area contributed by atoms with Crippen LogP contribution in [-0.2, 0) is 10.3 Å². The van der Waals surface area contributed by atoms with Crippen LogP contribution in [0.5, 0.6) is 0 Å². The molecule has 0 fully saturated rings. The second-order valence-corrected chi connectivity index (χ2v) is 3.28. The van der Waals surface area contributed by atoms with Crippen LogP contribution in [-0.4, -0.2) is 12.5 Å². The van der Waals surface area contributed by atoms with E-state index in [-0.39, 0.29) is 0 Å². The Morgan fingerprint density at radius 1 is 1.46 bits per heavy atom. The van der Waals surface area contributed by atoms with E-state index in [2.05, 4.69) is 10.5 Å². The van der Waals surface area contributed by atoms with Gasteiger partial charge in [-0.05, 0) is 12.5 Å². The third-order valence-electron chi connectivity index (χ3n) is 2.26. The highest BCUT2D eigenvalue weighted by Crippen LogP contribution is 2.23. The van der Waals surface area contributed by atoms with E-state index in [1.807, 2.05) is 31.2 Å². The number of rotatable bonds is 1. The molecule has 2 rings (SSSR count). The van der Waals surface area contributed by atoms with Gasteiger partial charge in [0.25, 0.3) is 0 Å². The molecule has 1 aliphatic heterocycles. The van der Waals surface area contributed by atoms with E-state index in [1.54, 1.807) is 6.21 Å². The second kappa shape index (κ2) is 2.69. The molecule has 0 aromatic heterocycles. The predicted molar refractivity (Wildman–Crippen MR) is 50.6 cm³/mol. The average Bonchev–Trinajstić information content (AvgIpc) is 2.19. The number of benzene rings is 1. The molecule has 0 bridgehead atoms. The Morgan fingerprint density at radius 2 is 2.23 bits per heavy atom. The minimum absolute atomic E-state index is 0.675. The normalized spacial score (nSPS) is 24.7. The van der Waals surface area contributed by atoms with Gasteiger partial charge in [-0.15, -0.1) is 0 Å². The van der Waals surface area contributed by atoms with E-state index in [1.165, 1.54) is 0 Å². The van der Waals surface area contributed by atoms with E-state index < -0.39 is 5.54 Å². The minimum Gasteiger partial charge on any atom is -0.300 e. The van der Waals surface area contributed by atoms with Gasteiger partial charge in [-0.25, -0.2) is 0 Å². The summed E-state index contributed by atoms with van der Waals surface area (Å²) in [5, 5.41) is 3.94. The van der Waals surface area contributed by atoms with E-state index in [9.17, 15) is 4.79 Å². The molecule has 0 spiro atoms. The SMILES string of the molecule is CC1(C=O)NN=Cc2ccccc21. The molecule has 1 unspecified atom stereocenters. The highest BCUT2D eigenvalue weighted by Gasteiger charge is 2.29. The summed E-state index contributed by atoms with van der Waals surface area (Å²) in [5.74, 6) is 0. The molecule has 3 heteroatoms. The molecular weight excluding hydrogens is 164 g/mol. The molecule has 66 valence electrons. The van der Waals surface area contributed by atoms with Crippen LogP contribution in [0.4, 0.5) is 0 Å².